The Morgan fingerprint density at radius 2 is 2.22 bits per heavy atom. The maximum absolute atomic E-state index is 11.9. The van der Waals surface area contributed by atoms with E-state index in [9.17, 15) is 18.3 Å². The van der Waals surface area contributed by atoms with Crippen molar-refractivity contribution in [3.8, 4) is 0 Å². The van der Waals surface area contributed by atoms with Gasteiger partial charge in [0.25, 0.3) is 0 Å². The number of hydrogen-bond donors (Lipinski definition) is 2. The van der Waals surface area contributed by atoms with E-state index in [4.69, 9.17) is 0 Å². The normalized spacial score (nSPS) is 19.9. The number of alkyl halides is 3. The minimum atomic E-state index is -4.15. The zero-order valence-electron chi connectivity index (χ0n) is 9.89. The van der Waals surface area contributed by atoms with E-state index >= 15 is 0 Å². The van der Waals surface area contributed by atoms with E-state index in [1.54, 1.807) is 11.3 Å². The highest BCUT2D eigenvalue weighted by Crippen LogP contribution is 2.35. The van der Waals surface area contributed by atoms with Gasteiger partial charge < -0.3 is 10.4 Å². The molecule has 2 rings (SSSR count). The van der Waals surface area contributed by atoms with Gasteiger partial charge in [-0.1, -0.05) is 0 Å². The molecule has 0 aliphatic heterocycles. The Hall–Kier alpha value is -0.590. The number of aliphatic hydroxyl groups excluding tert-OH is 1. The summed E-state index contributed by atoms with van der Waals surface area (Å²) in [6.07, 6.45) is -1.20. The van der Waals surface area contributed by atoms with Gasteiger partial charge in [0, 0.05) is 16.3 Å². The highest BCUT2D eigenvalue weighted by molar-refractivity contribution is 7.12. The molecule has 0 fully saturated rings. The molecule has 1 atom stereocenters. The molecular weight excluding hydrogens is 263 g/mol. The molecule has 0 amide bonds. The maximum Gasteiger partial charge on any atom is 0.401 e. The number of thiophene rings is 1. The highest BCUT2D eigenvalue weighted by Gasteiger charge is 2.26. The van der Waals surface area contributed by atoms with Gasteiger partial charge in [0.05, 0.1) is 12.6 Å². The van der Waals surface area contributed by atoms with Crippen LogP contribution in [0.25, 0.3) is 0 Å². The van der Waals surface area contributed by atoms with Crippen LogP contribution in [-0.2, 0) is 12.8 Å². The molecule has 0 spiro atoms. The third-order valence-electron chi connectivity index (χ3n) is 3.01. The molecule has 102 valence electrons. The number of aryl methyl sites for hydroxylation is 1. The molecule has 18 heavy (non-hydrogen) atoms. The van der Waals surface area contributed by atoms with Crippen molar-refractivity contribution in [2.75, 3.05) is 13.1 Å². The highest BCUT2D eigenvalue weighted by atomic mass is 32.1. The maximum atomic E-state index is 11.9. The first-order valence-corrected chi connectivity index (χ1v) is 6.84. The molecule has 1 aliphatic rings. The van der Waals surface area contributed by atoms with Gasteiger partial charge in [-0.25, -0.2) is 0 Å². The Bertz CT molecular complexity index is 403. The molecule has 1 aliphatic carbocycles. The Kier molecular flexibility index (Phi) is 4.29. The third-order valence-corrected chi connectivity index (χ3v) is 4.28. The Labute approximate surface area is 108 Å². The summed E-state index contributed by atoms with van der Waals surface area (Å²) < 4.78 is 35.8. The van der Waals surface area contributed by atoms with E-state index in [0.29, 0.717) is 13.0 Å². The fourth-order valence-electron chi connectivity index (χ4n) is 2.15. The van der Waals surface area contributed by atoms with Crippen LogP contribution in [0.3, 0.4) is 0 Å². The fraction of sp³-hybridized carbons (Fsp3) is 0.667. The van der Waals surface area contributed by atoms with Gasteiger partial charge in [-0.3, -0.25) is 0 Å². The van der Waals surface area contributed by atoms with Crippen molar-refractivity contribution in [3.05, 3.63) is 21.4 Å². The van der Waals surface area contributed by atoms with Crippen molar-refractivity contribution in [3.63, 3.8) is 0 Å². The summed E-state index contributed by atoms with van der Waals surface area (Å²) in [7, 11) is 0. The smallest absolute Gasteiger partial charge is 0.388 e. The summed E-state index contributed by atoms with van der Waals surface area (Å²) in [6, 6.07) is 1.94. The summed E-state index contributed by atoms with van der Waals surface area (Å²) in [5, 5.41) is 12.2. The van der Waals surface area contributed by atoms with Crippen molar-refractivity contribution >= 4 is 11.3 Å². The average Bonchev–Trinajstić information content (AvgIpc) is 2.68. The van der Waals surface area contributed by atoms with E-state index in [1.807, 2.05) is 6.07 Å². The molecule has 0 aromatic carbocycles. The van der Waals surface area contributed by atoms with Crippen LogP contribution in [0.1, 0.15) is 34.3 Å². The number of fused-ring (bicyclic) bond motifs is 1. The minimum absolute atomic E-state index is 0.314. The van der Waals surface area contributed by atoms with E-state index in [1.165, 1.54) is 4.88 Å². The molecule has 1 heterocycles. The molecule has 1 unspecified atom stereocenters. The van der Waals surface area contributed by atoms with Crippen molar-refractivity contribution in [2.45, 2.75) is 38.0 Å². The topological polar surface area (TPSA) is 32.3 Å². The standard InChI is InChI=1S/C12H16F3NOS/c13-12(14,15)7-16-5-4-8-6-9-10(17)2-1-3-11(9)18-8/h6,10,16-17H,1-5,7H2. The number of rotatable bonds is 4. The summed E-state index contributed by atoms with van der Waals surface area (Å²) >= 11 is 1.62. The van der Waals surface area contributed by atoms with Gasteiger partial charge in [-0.2, -0.15) is 13.2 Å². The van der Waals surface area contributed by atoms with Crippen LogP contribution in [0.4, 0.5) is 13.2 Å². The second-order valence-electron chi connectivity index (χ2n) is 4.54. The van der Waals surface area contributed by atoms with E-state index in [0.717, 1.165) is 29.7 Å². The number of halogens is 3. The van der Waals surface area contributed by atoms with Gasteiger partial charge in [-0.05, 0) is 37.3 Å². The third kappa shape index (κ3) is 3.70. The zero-order valence-corrected chi connectivity index (χ0v) is 10.7. The SMILES string of the molecule is OC1CCCc2sc(CCNCC(F)(F)F)cc21. The molecule has 1 aromatic rings. The van der Waals surface area contributed by atoms with Crippen LogP contribution < -0.4 is 5.32 Å². The monoisotopic (exact) mass is 279 g/mol. The van der Waals surface area contributed by atoms with Gasteiger partial charge in [0.15, 0.2) is 0 Å². The van der Waals surface area contributed by atoms with Crippen LogP contribution in [0.15, 0.2) is 6.07 Å². The summed E-state index contributed by atoms with van der Waals surface area (Å²) in [5.41, 5.74) is 0.983. The molecular formula is C12H16F3NOS. The molecule has 2 N–H and O–H groups in total. The lowest BCUT2D eigenvalue weighted by atomic mass is 9.96. The van der Waals surface area contributed by atoms with Gasteiger partial charge in [-0.15, -0.1) is 11.3 Å². The molecule has 0 radical (unpaired) electrons. The van der Waals surface area contributed by atoms with E-state index in [-0.39, 0.29) is 6.10 Å². The molecule has 6 heteroatoms. The first-order valence-electron chi connectivity index (χ1n) is 6.03. The average molecular weight is 279 g/mol. The summed E-state index contributed by atoms with van der Waals surface area (Å²) in [5.74, 6) is 0. The lowest BCUT2D eigenvalue weighted by Gasteiger charge is -2.16. The summed E-state index contributed by atoms with van der Waals surface area (Å²) in [4.78, 5) is 2.25. The minimum Gasteiger partial charge on any atom is -0.388 e. The molecule has 0 saturated heterocycles. The zero-order chi connectivity index (χ0) is 13.2. The Morgan fingerprint density at radius 1 is 1.44 bits per heavy atom. The largest absolute Gasteiger partial charge is 0.401 e. The van der Waals surface area contributed by atoms with Gasteiger partial charge >= 0.3 is 6.18 Å². The van der Waals surface area contributed by atoms with E-state index in [2.05, 4.69) is 5.32 Å². The quantitative estimate of drug-likeness (QED) is 0.831. The van der Waals surface area contributed by atoms with Crippen LogP contribution in [0.5, 0.6) is 0 Å². The number of hydrogen-bond acceptors (Lipinski definition) is 3. The van der Waals surface area contributed by atoms with Crippen LogP contribution >= 0.6 is 11.3 Å². The van der Waals surface area contributed by atoms with Crippen molar-refractivity contribution in [2.24, 2.45) is 0 Å². The van der Waals surface area contributed by atoms with Gasteiger partial charge in [0.1, 0.15) is 0 Å². The first kappa shape index (κ1) is 13.8. The molecule has 0 bridgehead atoms. The summed E-state index contributed by atoms with van der Waals surface area (Å²) in [6.45, 7) is -0.629. The Balaban J connectivity index is 1.84. The van der Waals surface area contributed by atoms with E-state index < -0.39 is 12.7 Å². The second kappa shape index (κ2) is 5.59. The van der Waals surface area contributed by atoms with Crippen LogP contribution in [0, 0.1) is 0 Å². The number of aliphatic hydroxyl groups is 1. The second-order valence-corrected chi connectivity index (χ2v) is 5.76. The predicted molar refractivity (Wildman–Crippen MR) is 64.8 cm³/mol. The fourth-order valence-corrected chi connectivity index (χ4v) is 3.42. The van der Waals surface area contributed by atoms with Crippen molar-refractivity contribution < 1.29 is 18.3 Å². The lowest BCUT2D eigenvalue weighted by molar-refractivity contribution is -0.124. The number of nitrogens with one attached hydrogen (secondary N) is 1. The van der Waals surface area contributed by atoms with Gasteiger partial charge in [0.2, 0.25) is 0 Å². The predicted octanol–water partition coefficient (Wildman–Crippen LogP) is 2.81. The lowest BCUT2D eigenvalue weighted by Crippen LogP contribution is -2.30. The van der Waals surface area contributed by atoms with Crippen LogP contribution in [-0.4, -0.2) is 24.4 Å². The van der Waals surface area contributed by atoms with Crippen molar-refractivity contribution in [1.82, 2.24) is 5.32 Å². The molecule has 0 saturated carbocycles. The van der Waals surface area contributed by atoms with Crippen LogP contribution in [0.2, 0.25) is 0 Å². The first-order chi connectivity index (χ1) is 8.46. The van der Waals surface area contributed by atoms with Crippen molar-refractivity contribution in [1.29, 1.82) is 0 Å². The molecule has 2 nitrogen and oxygen atoms in total. The molecule has 1 aromatic heterocycles. The Morgan fingerprint density at radius 3 is 2.89 bits per heavy atom.